The number of rotatable bonds is 2. The SMILES string of the molecule is O=C(O)CC#Cc1ccccc1C=NO. The summed E-state index contributed by atoms with van der Waals surface area (Å²) in [6, 6.07) is 7.01. The molecule has 0 heterocycles. The zero-order valence-electron chi connectivity index (χ0n) is 7.84. The molecule has 0 radical (unpaired) electrons. The van der Waals surface area contributed by atoms with E-state index in [0.29, 0.717) is 11.1 Å². The van der Waals surface area contributed by atoms with Crippen molar-refractivity contribution in [2.75, 3.05) is 0 Å². The number of benzene rings is 1. The molecule has 0 amide bonds. The molecule has 0 saturated heterocycles. The molecule has 0 aliphatic rings. The molecule has 1 aromatic carbocycles. The van der Waals surface area contributed by atoms with Crippen molar-refractivity contribution in [3.05, 3.63) is 35.4 Å². The normalized spacial score (nSPS) is 9.60. The Bertz CT molecular complexity index is 441. The third-order valence-electron chi connectivity index (χ3n) is 1.62. The lowest BCUT2D eigenvalue weighted by Gasteiger charge is -1.95. The first-order valence-electron chi connectivity index (χ1n) is 4.21. The van der Waals surface area contributed by atoms with E-state index >= 15 is 0 Å². The predicted octanol–water partition coefficient (Wildman–Crippen LogP) is 1.32. The zero-order chi connectivity index (χ0) is 11.1. The highest BCUT2D eigenvalue weighted by molar-refractivity contribution is 5.83. The minimum Gasteiger partial charge on any atom is -0.481 e. The lowest BCUT2D eigenvalue weighted by atomic mass is 10.1. The molecule has 0 spiro atoms. The molecule has 4 heteroatoms. The number of nitrogens with zero attached hydrogens (tertiary/aromatic N) is 1. The summed E-state index contributed by atoms with van der Waals surface area (Å²) in [4.78, 5) is 10.2. The average molecular weight is 203 g/mol. The van der Waals surface area contributed by atoms with Crippen molar-refractivity contribution in [3.8, 4) is 11.8 Å². The highest BCUT2D eigenvalue weighted by Gasteiger charge is 1.95. The Morgan fingerprint density at radius 2 is 2.20 bits per heavy atom. The maximum atomic E-state index is 10.2. The van der Waals surface area contributed by atoms with E-state index in [9.17, 15) is 4.79 Å². The molecule has 0 saturated carbocycles. The van der Waals surface area contributed by atoms with Gasteiger partial charge in [0, 0.05) is 11.1 Å². The summed E-state index contributed by atoms with van der Waals surface area (Å²) in [5, 5.41) is 19.7. The first kappa shape index (κ1) is 10.8. The Morgan fingerprint density at radius 1 is 1.47 bits per heavy atom. The quantitative estimate of drug-likeness (QED) is 0.329. The van der Waals surface area contributed by atoms with Crippen LogP contribution in [0.3, 0.4) is 0 Å². The second-order valence-electron chi connectivity index (χ2n) is 2.70. The summed E-state index contributed by atoms with van der Waals surface area (Å²) in [6.45, 7) is 0. The first-order chi connectivity index (χ1) is 7.24. The third-order valence-corrected chi connectivity index (χ3v) is 1.62. The van der Waals surface area contributed by atoms with E-state index in [1.165, 1.54) is 6.21 Å². The lowest BCUT2D eigenvalue weighted by Crippen LogP contribution is -1.91. The van der Waals surface area contributed by atoms with E-state index < -0.39 is 5.97 Å². The topological polar surface area (TPSA) is 69.9 Å². The van der Waals surface area contributed by atoms with Crippen LogP contribution in [0.5, 0.6) is 0 Å². The Labute approximate surface area is 86.9 Å². The molecular formula is C11H9NO3. The van der Waals surface area contributed by atoms with E-state index in [4.69, 9.17) is 10.3 Å². The molecule has 0 aromatic heterocycles. The molecule has 76 valence electrons. The molecule has 0 aliphatic carbocycles. The smallest absolute Gasteiger partial charge is 0.315 e. The van der Waals surface area contributed by atoms with Crippen LogP contribution >= 0.6 is 0 Å². The molecule has 0 bridgehead atoms. The van der Waals surface area contributed by atoms with Crippen LogP contribution in [-0.4, -0.2) is 22.5 Å². The summed E-state index contributed by atoms with van der Waals surface area (Å²) in [6.07, 6.45) is 1.05. The second kappa shape index (κ2) is 5.45. The molecule has 2 N–H and O–H groups in total. The highest BCUT2D eigenvalue weighted by atomic mass is 16.4. The Kier molecular flexibility index (Phi) is 3.92. The van der Waals surface area contributed by atoms with Crippen molar-refractivity contribution < 1.29 is 15.1 Å². The minimum absolute atomic E-state index is 0.204. The standard InChI is InChI=1S/C11H9NO3/c13-11(14)7-3-6-9-4-1-2-5-10(9)8-12-15/h1-2,4-5,8,15H,7H2,(H,13,14). The number of carbonyl (C=O) groups is 1. The largest absolute Gasteiger partial charge is 0.481 e. The van der Waals surface area contributed by atoms with Gasteiger partial charge < -0.3 is 10.3 Å². The molecule has 4 nitrogen and oxygen atoms in total. The average Bonchev–Trinajstić information content (AvgIpc) is 2.20. The maximum absolute atomic E-state index is 10.2. The summed E-state index contributed by atoms with van der Waals surface area (Å²) in [5.41, 5.74) is 1.29. The monoisotopic (exact) mass is 203 g/mol. The fourth-order valence-corrected chi connectivity index (χ4v) is 1.00. The maximum Gasteiger partial charge on any atom is 0.315 e. The van der Waals surface area contributed by atoms with Gasteiger partial charge in [-0.1, -0.05) is 35.2 Å². The molecule has 0 atom stereocenters. The Hall–Kier alpha value is -2.28. The number of oxime groups is 1. The van der Waals surface area contributed by atoms with E-state index in [0.717, 1.165) is 0 Å². The van der Waals surface area contributed by atoms with E-state index in [1.807, 2.05) is 0 Å². The Balaban J connectivity index is 2.91. The number of carboxylic acids is 1. The number of carboxylic acid groups (broad SMARTS) is 1. The molecular weight excluding hydrogens is 194 g/mol. The van der Waals surface area contributed by atoms with Crippen molar-refractivity contribution in [3.63, 3.8) is 0 Å². The van der Waals surface area contributed by atoms with Gasteiger partial charge in [-0.3, -0.25) is 4.79 Å². The minimum atomic E-state index is -0.962. The molecule has 15 heavy (non-hydrogen) atoms. The van der Waals surface area contributed by atoms with Gasteiger partial charge in [0.2, 0.25) is 0 Å². The Morgan fingerprint density at radius 3 is 2.87 bits per heavy atom. The van der Waals surface area contributed by atoms with Gasteiger partial charge in [0.15, 0.2) is 0 Å². The summed E-state index contributed by atoms with van der Waals surface area (Å²) in [5.74, 6) is 4.24. The van der Waals surface area contributed by atoms with Crippen molar-refractivity contribution in [2.45, 2.75) is 6.42 Å². The second-order valence-corrected chi connectivity index (χ2v) is 2.70. The lowest BCUT2D eigenvalue weighted by molar-refractivity contribution is -0.135. The zero-order valence-corrected chi connectivity index (χ0v) is 7.84. The fourth-order valence-electron chi connectivity index (χ4n) is 1.00. The van der Waals surface area contributed by atoms with Crippen molar-refractivity contribution in [2.24, 2.45) is 5.16 Å². The first-order valence-corrected chi connectivity index (χ1v) is 4.21. The van der Waals surface area contributed by atoms with Crippen LogP contribution in [0.25, 0.3) is 0 Å². The van der Waals surface area contributed by atoms with Crippen LogP contribution in [0.15, 0.2) is 29.4 Å². The summed E-state index contributed by atoms with van der Waals surface area (Å²) in [7, 11) is 0. The molecule has 0 fully saturated rings. The van der Waals surface area contributed by atoms with Gasteiger partial charge in [0.05, 0.1) is 6.21 Å². The number of hydrogen-bond acceptors (Lipinski definition) is 3. The van der Waals surface area contributed by atoms with Gasteiger partial charge in [-0.25, -0.2) is 0 Å². The van der Waals surface area contributed by atoms with E-state index in [2.05, 4.69) is 17.0 Å². The van der Waals surface area contributed by atoms with Crippen LogP contribution in [0, 0.1) is 11.8 Å². The van der Waals surface area contributed by atoms with Gasteiger partial charge in [-0.15, -0.1) is 0 Å². The van der Waals surface area contributed by atoms with Gasteiger partial charge in [-0.05, 0) is 6.07 Å². The van der Waals surface area contributed by atoms with E-state index in [-0.39, 0.29) is 6.42 Å². The fraction of sp³-hybridized carbons (Fsp3) is 0.0909. The molecule has 0 aliphatic heterocycles. The number of aliphatic carboxylic acids is 1. The van der Waals surface area contributed by atoms with Crippen LogP contribution in [-0.2, 0) is 4.79 Å². The van der Waals surface area contributed by atoms with Crippen molar-refractivity contribution in [1.29, 1.82) is 0 Å². The number of hydrogen-bond donors (Lipinski definition) is 2. The highest BCUT2D eigenvalue weighted by Crippen LogP contribution is 2.04. The van der Waals surface area contributed by atoms with Gasteiger partial charge in [-0.2, -0.15) is 0 Å². The van der Waals surface area contributed by atoms with Crippen LogP contribution in [0.4, 0.5) is 0 Å². The summed E-state index contributed by atoms with van der Waals surface area (Å²) < 4.78 is 0. The molecule has 0 unspecified atom stereocenters. The van der Waals surface area contributed by atoms with Crippen molar-refractivity contribution >= 4 is 12.2 Å². The van der Waals surface area contributed by atoms with Gasteiger partial charge in [0.25, 0.3) is 0 Å². The molecule has 1 rings (SSSR count). The van der Waals surface area contributed by atoms with Gasteiger partial charge >= 0.3 is 5.97 Å². The third kappa shape index (κ3) is 3.53. The van der Waals surface area contributed by atoms with Crippen LogP contribution < -0.4 is 0 Å². The summed E-state index contributed by atoms with van der Waals surface area (Å²) >= 11 is 0. The van der Waals surface area contributed by atoms with E-state index in [1.54, 1.807) is 24.3 Å². The van der Waals surface area contributed by atoms with Crippen molar-refractivity contribution in [1.82, 2.24) is 0 Å². The molecule has 1 aromatic rings. The van der Waals surface area contributed by atoms with Crippen LogP contribution in [0.2, 0.25) is 0 Å². The van der Waals surface area contributed by atoms with Gasteiger partial charge in [0.1, 0.15) is 6.42 Å². The van der Waals surface area contributed by atoms with Crippen LogP contribution in [0.1, 0.15) is 17.5 Å². The predicted molar refractivity (Wildman–Crippen MR) is 55.0 cm³/mol.